The Morgan fingerprint density at radius 2 is 1.42 bits per heavy atom. The molecule has 1 aliphatic heterocycles. The highest BCUT2D eigenvalue weighted by Gasteiger charge is 2.38. The summed E-state index contributed by atoms with van der Waals surface area (Å²) in [6.45, 7) is 2.98. The number of nitrogens with zero attached hydrogens (tertiary/aromatic N) is 1. The summed E-state index contributed by atoms with van der Waals surface area (Å²) in [4.78, 5) is 37.5. The maximum absolute atomic E-state index is 13.8. The van der Waals surface area contributed by atoms with Gasteiger partial charge in [-0.15, -0.1) is 0 Å². The lowest BCUT2D eigenvalue weighted by molar-refractivity contribution is -0.154. The highest BCUT2D eigenvalue weighted by atomic mass is 32.2. The molecule has 4 aromatic carbocycles. The van der Waals surface area contributed by atoms with Gasteiger partial charge >= 0.3 is 5.97 Å². The van der Waals surface area contributed by atoms with Gasteiger partial charge in [0.15, 0.2) is 6.10 Å². The van der Waals surface area contributed by atoms with Crippen LogP contribution < -0.4 is 15.4 Å². The standard InChI is InChI=1S/C34H33N3O7S/c1-23(34(40)36-27-12-16-29(17-13-27)44-28-9-4-3-5-10-28)43-33(39)22-32-31-11-7-6-8-25(31)20-21-37(32)45(41,42)30-18-14-26(15-19-30)35-24(2)38/h3-19,23,32H,20-22H2,1-2H3,(H,35,38)(H,36,40). The summed E-state index contributed by atoms with van der Waals surface area (Å²) in [6, 6.07) is 28.5. The molecule has 2 N–H and O–H groups in total. The molecule has 10 nitrogen and oxygen atoms in total. The van der Waals surface area contributed by atoms with Crippen molar-refractivity contribution >= 4 is 39.2 Å². The highest BCUT2D eigenvalue weighted by Crippen LogP contribution is 2.37. The van der Waals surface area contributed by atoms with Gasteiger partial charge in [0, 0.05) is 24.8 Å². The van der Waals surface area contributed by atoms with E-state index in [9.17, 15) is 22.8 Å². The lowest BCUT2D eigenvalue weighted by Gasteiger charge is -2.36. The van der Waals surface area contributed by atoms with Gasteiger partial charge in [0.05, 0.1) is 17.4 Å². The number of hydrogen-bond acceptors (Lipinski definition) is 7. The third kappa shape index (κ3) is 7.75. The maximum Gasteiger partial charge on any atom is 0.308 e. The molecule has 2 amide bonds. The molecule has 1 heterocycles. The molecule has 5 rings (SSSR count). The number of amides is 2. The van der Waals surface area contributed by atoms with Gasteiger partial charge in [-0.25, -0.2) is 8.42 Å². The molecule has 1 aliphatic rings. The van der Waals surface area contributed by atoms with E-state index in [2.05, 4.69) is 10.6 Å². The second kappa shape index (κ2) is 13.7. The zero-order chi connectivity index (χ0) is 32.0. The Kier molecular flexibility index (Phi) is 9.60. The maximum atomic E-state index is 13.8. The third-order valence-corrected chi connectivity index (χ3v) is 9.21. The lowest BCUT2D eigenvalue weighted by Crippen LogP contribution is -2.41. The summed E-state index contributed by atoms with van der Waals surface area (Å²) in [5.41, 5.74) is 2.60. The zero-order valence-corrected chi connectivity index (χ0v) is 25.6. The van der Waals surface area contributed by atoms with Crippen LogP contribution in [0, 0.1) is 0 Å². The van der Waals surface area contributed by atoms with Crippen LogP contribution in [0.1, 0.15) is 37.4 Å². The molecule has 2 unspecified atom stereocenters. The second-order valence-corrected chi connectivity index (χ2v) is 12.4. The summed E-state index contributed by atoms with van der Waals surface area (Å²) < 4.78 is 40.1. The largest absolute Gasteiger partial charge is 0.457 e. The van der Waals surface area contributed by atoms with E-state index in [0.717, 1.165) is 5.56 Å². The normalized spacial score (nSPS) is 15.3. The first kappa shape index (κ1) is 31.4. The number of carbonyl (C=O) groups is 3. The molecule has 0 bridgehead atoms. The van der Waals surface area contributed by atoms with Gasteiger partial charge in [0.1, 0.15) is 11.5 Å². The van der Waals surface area contributed by atoms with Gasteiger partial charge in [-0.1, -0.05) is 42.5 Å². The quantitative estimate of drug-likeness (QED) is 0.216. The van der Waals surface area contributed by atoms with Crippen LogP contribution >= 0.6 is 0 Å². The molecule has 0 fully saturated rings. The zero-order valence-electron chi connectivity index (χ0n) is 24.8. The van der Waals surface area contributed by atoms with Crippen LogP contribution in [-0.4, -0.2) is 43.2 Å². The summed E-state index contributed by atoms with van der Waals surface area (Å²) in [6.07, 6.45) is -0.953. The smallest absolute Gasteiger partial charge is 0.308 e. The number of benzene rings is 4. The average molecular weight is 628 g/mol. The molecule has 11 heteroatoms. The number of esters is 1. The van der Waals surface area contributed by atoms with Gasteiger partial charge < -0.3 is 20.1 Å². The fourth-order valence-electron chi connectivity index (χ4n) is 5.11. The van der Waals surface area contributed by atoms with Crippen LogP contribution in [0.5, 0.6) is 11.5 Å². The van der Waals surface area contributed by atoms with Crippen molar-refractivity contribution in [3.8, 4) is 11.5 Å². The minimum absolute atomic E-state index is 0.0299. The monoisotopic (exact) mass is 627 g/mol. The molecule has 232 valence electrons. The summed E-state index contributed by atoms with van der Waals surface area (Å²) in [5, 5.41) is 5.34. The molecular formula is C34H33N3O7S. The molecule has 0 saturated carbocycles. The molecule has 45 heavy (non-hydrogen) atoms. The van der Waals surface area contributed by atoms with Crippen molar-refractivity contribution in [3.63, 3.8) is 0 Å². The molecule has 0 aromatic heterocycles. The number of rotatable bonds is 10. The predicted molar refractivity (Wildman–Crippen MR) is 169 cm³/mol. The van der Waals surface area contributed by atoms with E-state index < -0.39 is 34.0 Å². The van der Waals surface area contributed by atoms with Crippen molar-refractivity contribution in [3.05, 3.63) is 114 Å². The Balaban J connectivity index is 1.25. The SMILES string of the molecule is CC(=O)Nc1ccc(S(=O)(=O)N2CCc3ccccc3C2CC(=O)OC(C)C(=O)Nc2ccc(Oc3ccccc3)cc2)cc1. The number of sulfonamides is 1. The number of fused-ring (bicyclic) bond motifs is 1. The van der Waals surface area contributed by atoms with E-state index in [1.807, 2.05) is 42.5 Å². The van der Waals surface area contributed by atoms with Gasteiger partial charge in [-0.3, -0.25) is 14.4 Å². The number of anilines is 2. The number of para-hydroxylation sites is 1. The van der Waals surface area contributed by atoms with E-state index >= 15 is 0 Å². The van der Waals surface area contributed by atoms with E-state index in [-0.39, 0.29) is 23.8 Å². The second-order valence-electron chi connectivity index (χ2n) is 10.6. The Labute approximate surface area is 262 Å². The van der Waals surface area contributed by atoms with Crippen LogP contribution in [0.15, 0.2) is 108 Å². The fourth-order valence-corrected chi connectivity index (χ4v) is 6.71. The van der Waals surface area contributed by atoms with E-state index in [1.165, 1.54) is 42.4 Å². The highest BCUT2D eigenvalue weighted by molar-refractivity contribution is 7.89. The van der Waals surface area contributed by atoms with E-state index in [4.69, 9.17) is 9.47 Å². The van der Waals surface area contributed by atoms with Gasteiger partial charge in [0.25, 0.3) is 5.91 Å². The van der Waals surface area contributed by atoms with Crippen molar-refractivity contribution in [1.82, 2.24) is 4.31 Å². The van der Waals surface area contributed by atoms with Crippen LogP contribution in [-0.2, 0) is 35.6 Å². The predicted octanol–water partition coefficient (Wildman–Crippen LogP) is 5.69. The van der Waals surface area contributed by atoms with Crippen molar-refractivity contribution in [2.75, 3.05) is 17.2 Å². The first-order valence-corrected chi connectivity index (χ1v) is 15.8. The average Bonchev–Trinajstić information content (AvgIpc) is 3.02. The van der Waals surface area contributed by atoms with Gasteiger partial charge in [-0.05, 0) is 85.1 Å². The van der Waals surface area contributed by atoms with Gasteiger partial charge in [0.2, 0.25) is 15.9 Å². The first-order chi connectivity index (χ1) is 21.6. The molecule has 0 radical (unpaired) electrons. The Hall–Kier alpha value is -5.00. The summed E-state index contributed by atoms with van der Waals surface area (Å²) >= 11 is 0. The number of carbonyl (C=O) groups excluding carboxylic acids is 3. The van der Waals surface area contributed by atoms with Gasteiger partial charge in [-0.2, -0.15) is 4.31 Å². The van der Waals surface area contributed by atoms with Crippen molar-refractivity contribution in [2.45, 2.75) is 43.7 Å². The summed E-state index contributed by atoms with van der Waals surface area (Å²) in [7, 11) is -4.03. The topological polar surface area (TPSA) is 131 Å². The van der Waals surface area contributed by atoms with Crippen LogP contribution in [0.25, 0.3) is 0 Å². The molecule has 0 spiro atoms. The Bertz CT molecular complexity index is 1780. The van der Waals surface area contributed by atoms with E-state index in [0.29, 0.717) is 34.9 Å². The lowest BCUT2D eigenvalue weighted by atomic mass is 9.92. The first-order valence-electron chi connectivity index (χ1n) is 14.4. The van der Waals surface area contributed by atoms with Crippen molar-refractivity contribution < 1.29 is 32.3 Å². The minimum Gasteiger partial charge on any atom is -0.457 e. The van der Waals surface area contributed by atoms with Crippen LogP contribution in [0.2, 0.25) is 0 Å². The summed E-state index contributed by atoms with van der Waals surface area (Å²) in [5.74, 6) is -0.248. The van der Waals surface area contributed by atoms with Crippen LogP contribution in [0.4, 0.5) is 11.4 Å². The molecule has 0 aliphatic carbocycles. The minimum atomic E-state index is -4.03. The van der Waals surface area contributed by atoms with Crippen molar-refractivity contribution in [2.24, 2.45) is 0 Å². The van der Waals surface area contributed by atoms with Crippen LogP contribution in [0.3, 0.4) is 0 Å². The Morgan fingerprint density at radius 3 is 2.11 bits per heavy atom. The fraction of sp³-hybridized carbons (Fsp3) is 0.206. The number of hydrogen-bond donors (Lipinski definition) is 2. The van der Waals surface area contributed by atoms with Crippen molar-refractivity contribution in [1.29, 1.82) is 0 Å². The van der Waals surface area contributed by atoms with E-state index in [1.54, 1.807) is 36.4 Å². The number of nitrogens with one attached hydrogen (secondary N) is 2. The molecule has 2 atom stereocenters. The number of ether oxygens (including phenoxy) is 2. The third-order valence-electron chi connectivity index (χ3n) is 7.28. The molecular weight excluding hydrogens is 594 g/mol. The molecule has 4 aromatic rings. The molecule has 0 saturated heterocycles. The Morgan fingerprint density at radius 1 is 0.822 bits per heavy atom.